The molecule has 0 unspecified atom stereocenters. The summed E-state index contributed by atoms with van der Waals surface area (Å²) in [6.07, 6.45) is 2.60. The highest BCUT2D eigenvalue weighted by molar-refractivity contribution is 9.10. The van der Waals surface area contributed by atoms with Crippen LogP contribution in [-0.2, 0) is 11.3 Å². The largest absolute Gasteiger partial charge is 0.396 e. The van der Waals surface area contributed by atoms with Gasteiger partial charge in [-0.25, -0.2) is 9.97 Å². The Bertz CT molecular complexity index is 1210. The molecule has 0 radical (unpaired) electrons. The van der Waals surface area contributed by atoms with Crippen molar-refractivity contribution in [3.63, 3.8) is 0 Å². The predicted octanol–water partition coefficient (Wildman–Crippen LogP) is 4.06. The fourth-order valence-electron chi connectivity index (χ4n) is 3.29. The molecule has 9 heteroatoms. The molecular weight excluding hydrogens is 492 g/mol. The van der Waals surface area contributed by atoms with Crippen LogP contribution >= 0.6 is 27.3 Å². The van der Waals surface area contributed by atoms with E-state index < -0.39 is 0 Å². The molecule has 0 bridgehead atoms. The van der Waals surface area contributed by atoms with Crippen LogP contribution in [0.4, 0.5) is 5.82 Å². The molecule has 2 aromatic carbocycles. The highest BCUT2D eigenvalue weighted by Gasteiger charge is 2.14. The van der Waals surface area contributed by atoms with Gasteiger partial charge in [0.15, 0.2) is 0 Å². The van der Waals surface area contributed by atoms with Crippen LogP contribution in [-0.4, -0.2) is 43.1 Å². The highest BCUT2D eigenvalue weighted by atomic mass is 79.9. The number of halogens is 1. The maximum absolute atomic E-state index is 11.9. The predicted molar refractivity (Wildman–Crippen MR) is 135 cm³/mol. The number of aromatic nitrogens is 2. The molecule has 0 saturated heterocycles. The quantitative estimate of drug-likeness (QED) is 0.204. The van der Waals surface area contributed by atoms with Crippen molar-refractivity contribution in [2.45, 2.75) is 26.8 Å². The molecule has 7 nitrogen and oxygen atoms in total. The topological polar surface area (TPSA) is 113 Å². The molecule has 3 aromatic rings. The number of anilines is 1. The number of nitrogens with zero attached hydrogens (tertiary/aromatic N) is 3. The zero-order valence-corrected chi connectivity index (χ0v) is 20.3. The van der Waals surface area contributed by atoms with Crippen molar-refractivity contribution in [3.8, 4) is 0 Å². The zero-order valence-electron chi connectivity index (χ0n) is 17.8. The third-order valence-electron chi connectivity index (χ3n) is 5.04. The lowest BCUT2D eigenvalue weighted by Crippen LogP contribution is -2.22. The number of carbonyl (C=O) groups excluding carboxylic acids is 1. The lowest BCUT2D eigenvalue weighted by Gasteiger charge is -2.21. The Hall–Kier alpha value is -2.59. The van der Waals surface area contributed by atoms with Crippen molar-refractivity contribution < 1.29 is 15.0 Å². The number of nitrogen functional groups attached to an aromatic ring is 1. The Kier molecular flexibility index (Phi) is 8.14. The van der Waals surface area contributed by atoms with Gasteiger partial charge in [-0.2, -0.15) is 0 Å². The molecule has 0 aliphatic rings. The first-order valence-corrected chi connectivity index (χ1v) is 11.6. The minimum atomic E-state index is -0.115. The summed E-state index contributed by atoms with van der Waals surface area (Å²) in [5.74, 6) is 0.867. The molecule has 0 aliphatic heterocycles. The summed E-state index contributed by atoms with van der Waals surface area (Å²) in [7, 11) is 0. The van der Waals surface area contributed by atoms with E-state index in [1.807, 2.05) is 36.4 Å². The van der Waals surface area contributed by atoms with E-state index in [1.165, 1.54) is 4.90 Å². The second-order valence-corrected chi connectivity index (χ2v) is 9.18. The molecule has 3 rings (SSSR count). The van der Waals surface area contributed by atoms with E-state index in [4.69, 9.17) is 5.73 Å². The van der Waals surface area contributed by atoms with Crippen LogP contribution in [0.25, 0.3) is 10.8 Å². The Morgan fingerprint density at radius 3 is 2.62 bits per heavy atom. The van der Waals surface area contributed by atoms with Crippen molar-refractivity contribution in [2.24, 2.45) is 0 Å². The van der Waals surface area contributed by atoms with Crippen molar-refractivity contribution in [1.29, 1.82) is 0 Å². The van der Waals surface area contributed by atoms with Crippen LogP contribution < -0.4 is 5.73 Å². The number of rotatable bonds is 8. The molecule has 32 heavy (non-hydrogen) atoms. The fourth-order valence-corrected chi connectivity index (χ4v) is 4.84. The van der Waals surface area contributed by atoms with Crippen molar-refractivity contribution in [1.82, 2.24) is 14.9 Å². The van der Waals surface area contributed by atoms with Crippen LogP contribution in [0.2, 0.25) is 0 Å². The number of hydrogen-bond donors (Lipinski definition) is 4. The average Bonchev–Trinajstić information content (AvgIpc) is 2.78. The Morgan fingerprint density at radius 2 is 1.97 bits per heavy atom. The van der Waals surface area contributed by atoms with Gasteiger partial charge < -0.3 is 20.8 Å². The number of benzene rings is 2. The van der Waals surface area contributed by atoms with Crippen LogP contribution in [0, 0.1) is 6.92 Å². The van der Waals surface area contributed by atoms with Gasteiger partial charge in [-0.1, -0.05) is 46.3 Å². The number of amides is 1. The molecule has 1 aromatic heterocycles. The lowest BCUT2D eigenvalue weighted by atomic mass is 10.1. The molecule has 1 amide bonds. The van der Waals surface area contributed by atoms with E-state index in [9.17, 15) is 15.0 Å². The Balaban J connectivity index is 2.02. The SMILES string of the molecule is C/C(=C(CCO)/[SH]=C(\O)c1ccc(Br)c2ccccc12)N(C=O)Cc1cnc(C)nc1N. The number of aliphatic hydroxyl groups is 2. The van der Waals surface area contributed by atoms with Gasteiger partial charge in [-0.15, -0.1) is 11.4 Å². The molecular formula is C23H25BrN4O3S. The Morgan fingerprint density at radius 1 is 1.25 bits per heavy atom. The van der Waals surface area contributed by atoms with Crippen LogP contribution in [0.3, 0.4) is 0 Å². The van der Waals surface area contributed by atoms with Gasteiger partial charge in [0.1, 0.15) is 16.7 Å². The number of fused-ring (bicyclic) bond motifs is 1. The summed E-state index contributed by atoms with van der Waals surface area (Å²) >= 11 is 4.05. The number of carbonyl (C=O) groups is 1. The lowest BCUT2D eigenvalue weighted by molar-refractivity contribution is -0.116. The number of hydrogen-bond acceptors (Lipinski definition) is 5. The van der Waals surface area contributed by atoms with E-state index >= 15 is 0 Å². The third-order valence-corrected chi connectivity index (χ3v) is 7.00. The number of aliphatic hydroxyl groups excluding tert-OH is 2. The molecule has 0 spiro atoms. The van der Waals surface area contributed by atoms with Gasteiger partial charge in [0.05, 0.1) is 6.54 Å². The van der Waals surface area contributed by atoms with Gasteiger partial charge >= 0.3 is 0 Å². The monoisotopic (exact) mass is 516 g/mol. The van der Waals surface area contributed by atoms with E-state index in [-0.39, 0.29) is 18.2 Å². The number of allylic oxidation sites excluding steroid dienone is 1. The number of nitrogens with two attached hydrogens (primary N) is 1. The Labute approximate surface area is 198 Å². The third kappa shape index (κ3) is 5.42. The first kappa shape index (κ1) is 24.1. The minimum Gasteiger partial charge on any atom is -0.396 e. The molecule has 1 heterocycles. The first-order chi connectivity index (χ1) is 15.3. The van der Waals surface area contributed by atoms with E-state index in [1.54, 1.807) is 20.0 Å². The first-order valence-electron chi connectivity index (χ1n) is 9.91. The summed E-state index contributed by atoms with van der Waals surface area (Å²) < 4.78 is 0.939. The average molecular weight is 517 g/mol. The van der Waals surface area contributed by atoms with Gasteiger partial charge in [0, 0.05) is 45.4 Å². The summed E-state index contributed by atoms with van der Waals surface area (Å²) in [6.45, 7) is 3.60. The molecule has 4 N–H and O–H groups in total. The minimum absolute atomic E-state index is 0.115. The molecule has 0 aliphatic carbocycles. The van der Waals surface area contributed by atoms with Gasteiger partial charge in [-0.3, -0.25) is 4.79 Å². The molecule has 0 atom stereocenters. The van der Waals surface area contributed by atoms with Crippen LogP contribution in [0.1, 0.15) is 30.3 Å². The normalized spacial score (nSPS) is 12.8. The second-order valence-electron chi connectivity index (χ2n) is 7.14. The van der Waals surface area contributed by atoms with Crippen molar-refractivity contribution >= 4 is 55.3 Å². The van der Waals surface area contributed by atoms with E-state index in [2.05, 4.69) is 25.9 Å². The van der Waals surface area contributed by atoms with Crippen LogP contribution in [0.5, 0.6) is 0 Å². The number of thiol groups is 1. The van der Waals surface area contributed by atoms with Crippen LogP contribution in [0.15, 0.2) is 57.7 Å². The maximum atomic E-state index is 11.9. The standard InChI is InChI=1S/C23H25BrN4O3S/c1-14(28(13-30)12-16-11-26-15(2)27-22(16)25)21(9-10-29)32-23(31)19-7-8-20(24)18-6-4-3-5-17(18)19/h3-8,11,13,29,31-32H,9-10,12H2,1-2H3,(H2,25,26,27)/b21-14-. The maximum Gasteiger partial charge on any atom is 0.214 e. The summed E-state index contributed by atoms with van der Waals surface area (Å²) in [5.41, 5.74) is 7.93. The zero-order chi connectivity index (χ0) is 23.3. The summed E-state index contributed by atoms with van der Waals surface area (Å²) in [4.78, 5) is 22.4. The highest BCUT2D eigenvalue weighted by Crippen LogP contribution is 2.29. The smallest absolute Gasteiger partial charge is 0.214 e. The van der Waals surface area contributed by atoms with Gasteiger partial charge in [0.25, 0.3) is 0 Å². The van der Waals surface area contributed by atoms with Gasteiger partial charge in [-0.05, 0) is 30.7 Å². The molecule has 168 valence electrons. The number of aryl methyl sites for hydroxylation is 1. The summed E-state index contributed by atoms with van der Waals surface area (Å²) in [5, 5.41) is 22.6. The molecule has 0 fully saturated rings. The van der Waals surface area contributed by atoms with E-state index in [0.29, 0.717) is 52.6 Å². The van der Waals surface area contributed by atoms with Gasteiger partial charge in [0.2, 0.25) is 6.41 Å². The van der Waals surface area contributed by atoms with Crippen molar-refractivity contribution in [3.05, 3.63) is 74.6 Å². The summed E-state index contributed by atoms with van der Waals surface area (Å²) in [6, 6.07) is 11.5. The van der Waals surface area contributed by atoms with E-state index in [0.717, 1.165) is 20.2 Å². The molecule has 0 saturated carbocycles. The second kappa shape index (κ2) is 10.8. The fraction of sp³-hybridized carbons (Fsp3) is 0.217. The van der Waals surface area contributed by atoms with Crippen molar-refractivity contribution in [2.75, 3.05) is 12.3 Å².